The molecule has 1 heterocycles. The third-order valence-electron chi connectivity index (χ3n) is 1.91. The SMILES string of the molecule is CC(=O)c1ccc2nc(C=O)oc2c1. The van der Waals surface area contributed by atoms with Crippen LogP contribution in [-0.4, -0.2) is 17.1 Å². The first kappa shape index (κ1) is 8.62. The lowest BCUT2D eigenvalue weighted by molar-refractivity contribution is 0.101. The van der Waals surface area contributed by atoms with Gasteiger partial charge in [0.15, 0.2) is 11.4 Å². The zero-order valence-corrected chi connectivity index (χ0v) is 7.48. The summed E-state index contributed by atoms with van der Waals surface area (Å²) in [6.07, 6.45) is 0.535. The van der Waals surface area contributed by atoms with E-state index in [9.17, 15) is 9.59 Å². The zero-order chi connectivity index (χ0) is 10.1. The van der Waals surface area contributed by atoms with Gasteiger partial charge < -0.3 is 4.42 Å². The Morgan fingerprint density at radius 1 is 1.50 bits per heavy atom. The molecule has 1 aromatic carbocycles. The number of aldehydes is 1. The number of Topliss-reactive ketones (excluding diaryl/α,β-unsaturated/α-hetero) is 1. The number of carbonyl (C=O) groups excluding carboxylic acids is 2. The number of rotatable bonds is 2. The fourth-order valence-corrected chi connectivity index (χ4v) is 1.21. The third kappa shape index (κ3) is 1.31. The number of ketones is 1. The molecular weight excluding hydrogens is 182 g/mol. The minimum absolute atomic E-state index is 0.0284. The van der Waals surface area contributed by atoms with E-state index in [-0.39, 0.29) is 11.7 Å². The number of aromatic nitrogens is 1. The number of hydrogen-bond acceptors (Lipinski definition) is 4. The molecule has 0 fully saturated rings. The monoisotopic (exact) mass is 189 g/mol. The Morgan fingerprint density at radius 3 is 2.93 bits per heavy atom. The van der Waals surface area contributed by atoms with Crippen molar-refractivity contribution in [2.75, 3.05) is 0 Å². The van der Waals surface area contributed by atoms with E-state index >= 15 is 0 Å². The Bertz CT molecular complexity index is 513. The first-order chi connectivity index (χ1) is 6.70. The Balaban J connectivity index is 2.65. The van der Waals surface area contributed by atoms with Crippen LogP contribution in [0.3, 0.4) is 0 Å². The molecule has 0 atom stereocenters. The van der Waals surface area contributed by atoms with E-state index in [1.165, 1.54) is 6.92 Å². The largest absolute Gasteiger partial charge is 0.434 e. The van der Waals surface area contributed by atoms with E-state index in [0.717, 1.165) is 0 Å². The van der Waals surface area contributed by atoms with Crippen molar-refractivity contribution in [1.29, 1.82) is 0 Å². The van der Waals surface area contributed by atoms with Gasteiger partial charge in [0, 0.05) is 5.56 Å². The number of fused-ring (bicyclic) bond motifs is 1. The molecule has 0 spiro atoms. The Hall–Kier alpha value is -1.97. The van der Waals surface area contributed by atoms with Crippen molar-refractivity contribution in [2.45, 2.75) is 6.92 Å². The van der Waals surface area contributed by atoms with Crippen molar-refractivity contribution >= 4 is 23.2 Å². The lowest BCUT2D eigenvalue weighted by atomic mass is 10.1. The van der Waals surface area contributed by atoms with Crippen LogP contribution in [0.1, 0.15) is 28.0 Å². The van der Waals surface area contributed by atoms with Crippen LogP contribution in [0.2, 0.25) is 0 Å². The highest BCUT2D eigenvalue weighted by molar-refractivity contribution is 5.97. The predicted octanol–water partition coefficient (Wildman–Crippen LogP) is 1.84. The summed E-state index contributed by atoms with van der Waals surface area (Å²) < 4.78 is 5.08. The molecule has 0 N–H and O–H groups in total. The second-order valence-electron chi connectivity index (χ2n) is 2.91. The molecule has 0 aliphatic carbocycles. The fourth-order valence-electron chi connectivity index (χ4n) is 1.21. The minimum atomic E-state index is -0.0454. The number of hydrogen-bond donors (Lipinski definition) is 0. The minimum Gasteiger partial charge on any atom is -0.434 e. The van der Waals surface area contributed by atoms with Crippen molar-refractivity contribution in [3.63, 3.8) is 0 Å². The molecule has 0 saturated carbocycles. The van der Waals surface area contributed by atoms with Crippen LogP contribution in [-0.2, 0) is 0 Å². The summed E-state index contributed by atoms with van der Waals surface area (Å²) in [4.78, 5) is 25.3. The molecule has 2 rings (SSSR count). The highest BCUT2D eigenvalue weighted by Crippen LogP contribution is 2.16. The van der Waals surface area contributed by atoms with Gasteiger partial charge >= 0.3 is 0 Å². The summed E-state index contributed by atoms with van der Waals surface area (Å²) in [6.45, 7) is 1.47. The van der Waals surface area contributed by atoms with Crippen molar-refractivity contribution < 1.29 is 14.0 Å². The maximum absolute atomic E-state index is 11.0. The molecule has 14 heavy (non-hydrogen) atoms. The molecule has 0 bridgehead atoms. The van der Waals surface area contributed by atoms with Crippen LogP contribution in [0.15, 0.2) is 22.6 Å². The quantitative estimate of drug-likeness (QED) is 0.534. The topological polar surface area (TPSA) is 60.2 Å². The molecule has 0 unspecified atom stereocenters. The number of nitrogens with zero attached hydrogens (tertiary/aromatic N) is 1. The molecular formula is C10H7NO3. The summed E-state index contributed by atoms with van der Waals surface area (Å²) in [5.74, 6) is -0.0170. The predicted molar refractivity (Wildman–Crippen MR) is 49.4 cm³/mol. The first-order valence-corrected chi connectivity index (χ1v) is 4.07. The fraction of sp³-hybridized carbons (Fsp3) is 0.100. The second-order valence-corrected chi connectivity index (χ2v) is 2.91. The molecule has 2 aromatic rings. The molecule has 0 amide bonds. The smallest absolute Gasteiger partial charge is 0.260 e. The highest BCUT2D eigenvalue weighted by atomic mass is 16.4. The van der Waals surface area contributed by atoms with E-state index in [1.807, 2.05) is 0 Å². The normalized spacial score (nSPS) is 10.4. The lowest BCUT2D eigenvalue weighted by Gasteiger charge is -1.92. The van der Waals surface area contributed by atoms with E-state index in [1.54, 1.807) is 18.2 Å². The molecule has 0 radical (unpaired) electrons. The Morgan fingerprint density at radius 2 is 2.29 bits per heavy atom. The van der Waals surface area contributed by atoms with Crippen LogP contribution in [0.4, 0.5) is 0 Å². The Kier molecular flexibility index (Phi) is 1.89. The van der Waals surface area contributed by atoms with Gasteiger partial charge in [-0.3, -0.25) is 9.59 Å². The van der Waals surface area contributed by atoms with E-state index < -0.39 is 0 Å². The van der Waals surface area contributed by atoms with E-state index in [0.29, 0.717) is 22.9 Å². The number of carbonyl (C=O) groups is 2. The zero-order valence-electron chi connectivity index (χ0n) is 7.48. The molecule has 4 heteroatoms. The summed E-state index contributed by atoms with van der Waals surface area (Å²) in [7, 11) is 0. The van der Waals surface area contributed by atoms with Crippen LogP contribution < -0.4 is 0 Å². The first-order valence-electron chi connectivity index (χ1n) is 4.07. The number of benzene rings is 1. The Labute approximate surface area is 79.5 Å². The summed E-state index contributed by atoms with van der Waals surface area (Å²) >= 11 is 0. The molecule has 0 saturated heterocycles. The molecule has 4 nitrogen and oxygen atoms in total. The van der Waals surface area contributed by atoms with Gasteiger partial charge in [-0.2, -0.15) is 0 Å². The average Bonchev–Trinajstić information content (AvgIpc) is 2.58. The van der Waals surface area contributed by atoms with Crippen LogP contribution in [0.5, 0.6) is 0 Å². The average molecular weight is 189 g/mol. The van der Waals surface area contributed by atoms with Gasteiger partial charge in [0.05, 0.1) is 0 Å². The molecule has 0 aliphatic heterocycles. The lowest BCUT2D eigenvalue weighted by Crippen LogP contribution is -1.89. The maximum Gasteiger partial charge on any atom is 0.260 e. The second kappa shape index (κ2) is 3.06. The number of oxazole rings is 1. The summed E-state index contributed by atoms with van der Waals surface area (Å²) in [6, 6.07) is 4.89. The van der Waals surface area contributed by atoms with E-state index in [4.69, 9.17) is 4.42 Å². The molecule has 0 aliphatic rings. The highest BCUT2D eigenvalue weighted by Gasteiger charge is 2.06. The van der Waals surface area contributed by atoms with Crippen LogP contribution in [0.25, 0.3) is 11.1 Å². The standard InChI is InChI=1S/C10H7NO3/c1-6(13)7-2-3-8-9(4-7)14-10(5-12)11-8/h2-5H,1H3. The van der Waals surface area contributed by atoms with Crippen molar-refractivity contribution in [3.8, 4) is 0 Å². The van der Waals surface area contributed by atoms with Crippen LogP contribution in [0, 0.1) is 0 Å². The van der Waals surface area contributed by atoms with Gasteiger partial charge in [-0.15, -0.1) is 0 Å². The summed E-state index contributed by atoms with van der Waals surface area (Å²) in [5, 5.41) is 0. The molecule has 70 valence electrons. The van der Waals surface area contributed by atoms with E-state index in [2.05, 4.69) is 4.98 Å². The van der Waals surface area contributed by atoms with Crippen molar-refractivity contribution in [1.82, 2.24) is 4.98 Å². The summed E-state index contributed by atoms with van der Waals surface area (Å²) in [5.41, 5.74) is 1.59. The third-order valence-corrected chi connectivity index (χ3v) is 1.91. The van der Waals surface area contributed by atoms with Crippen LogP contribution >= 0.6 is 0 Å². The van der Waals surface area contributed by atoms with Gasteiger partial charge in [0.2, 0.25) is 6.29 Å². The van der Waals surface area contributed by atoms with Gasteiger partial charge in [0.1, 0.15) is 5.52 Å². The van der Waals surface area contributed by atoms with Gasteiger partial charge in [-0.1, -0.05) is 0 Å². The van der Waals surface area contributed by atoms with Gasteiger partial charge in [-0.25, -0.2) is 4.98 Å². The van der Waals surface area contributed by atoms with Gasteiger partial charge in [0.25, 0.3) is 5.89 Å². The molecule has 1 aromatic heterocycles. The van der Waals surface area contributed by atoms with Crippen molar-refractivity contribution in [3.05, 3.63) is 29.7 Å². The van der Waals surface area contributed by atoms with Gasteiger partial charge in [-0.05, 0) is 25.1 Å². The van der Waals surface area contributed by atoms with Crippen molar-refractivity contribution in [2.24, 2.45) is 0 Å². The maximum atomic E-state index is 11.0.